The van der Waals surface area contributed by atoms with Crippen molar-refractivity contribution >= 4 is 5.91 Å². The minimum absolute atomic E-state index is 0.0668. The minimum atomic E-state index is -0.371. The van der Waals surface area contributed by atoms with Gasteiger partial charge in [-0.1, -0.05) is 18.2 Å². The fourth-order valence-corrected chi connectivity index (χ4v) is 4.06. The van der Waals surface area contributed by atoms with E-state index in [-0.39, 0.29) is 18.5 Å². The molecule has 0 spiro atoms. The number of rotatable bonds is 4. The Morgan fingerprint density at radius 2 is 1.84 bits per heavy atom. The highest BCUT2D eigenvalue weighted by atomic mass is 19.1. The number of carbonyl (C=O) groups is 1. The van der Waals surface area contributed by atoms with Gasteiger partial charge in [0.1, 0.15) is 11.5 Å². The molecule has 1 amide bonds. The maximum atomic E-state index is 14.1. The lowest BCUT2D eigenvalue weighted by molar-refractivity contribution is 0.0627. The smallest absolute Gasteiger partial charge is 0.257 e. The molecule has 0 bridgehead atoms. The van der Waals surface area contributed by atoms with E-state index in [1.54, 1.807) is 25.1 Å². The first-order valence-corrected chi connectivity index (χ1v) is 10.3. The van der Waals surface area contributed by atoms with Gasteiger partial charge in [0.2, 0.25) is 6.79 Å². The van der Waals surface area contributed by atoms with Crippen molar-refractivity contribution in [2.45, 2.75) is 13.5 Å². The minimum Gasteiger partial charge on any atom is -0.454 e. The molecule has 31 heavy (non-hydrogen) atoms. The Labute approximate surface area is 179 Å². The lowest BCUT2D eigenvalue weighted by Crippen LogP contribution is -2.48. The molecule has 7 nitrogen and oxygen atoms in total. The average Bonchev–Trinajstić information content (AvgIpc) is 3.40. The molecule has 0 saturated carbocycles. The first-order valence-electron chi connectivity index (χ1n) is 10.3. The summed E-state index contributed by atoms with van der Waals surface area (Å²) in [5.41, 5.74) is 2.64. The van der Waals surface area contributed by atoms with E-state index >= 15 is 0 Å². The number of benzene rings is 2. The van der Waals surface area contributed by atoms with Crippen molar-refractivity contribution in [1.29, 1.82) is 0 Å². The van der Waals surface area contributed by atoms with Gasteiger partial charge in [0.05, 0.1) is 17.5 Å². The normalized spacial score (nSPS) is 16.0. The number of carbonyl (C=O) groups excluding carboxylic acids is 1. The lowest BCUT2D eigenvalue weighted by Gasteiger charge is -2.34. The molecule has 0 radical (unpaired) electrons. The first kappa shape index (κ1) is 19.6. The maximum absolute atomic E-state index is 14.1. The highest BCUT2D eigenvalue weighted by molar-refractivity contribution is 5.95. The maximum Gasteiger partial charge on any atom is 0.257 e. The molecule has 2 aliphatic rings. The highest BCUT2D eigenvalue weighted by Gasteiger charge is 2.26. The quantitative estimate of drug-likeness (QED) is 0.647. The van der Waals surface area contributed by atoms with Crippen LogP contribution in [0.1, 0.15) is 21.6 Å². The summed E-state index contributed by atoms with van der Waals surface area (Å²) >= 11 is 0. The number of piperazine rings is 1. The Kier molecular flexibility index (Phi) is 5.07. The van der Waals surface area contributed by atoms with Crippen LogP contribution in [0.3, 0.4) is 0 Å². The zero-order chi connectivity index (χ0) is 21.4. The molecule has 0 aliphatic carbocycles. The SMILES string of the molecule is Cc1c(C(=O)N2CCN(Cc3ccc4c(c3)OCO4)CC2)cnn1-c1ccccc1F. The number of hydrogen-bond acceptors (Lipinski definition) is 5. The Bertz CT molecular complexity index is 1120. The summed E-state index contributed by atoms with van der Waals surface area (Å²) in [4.78, 5) is 17.2. The summed E-state index contributed by atoms with van der Waals surface area (Å²) in [6.07, 6.45) is 1.53. The van der Waals surface area contributed by atoms with Crippen molar-refractivity contribution in [1.82, 2.24) is 19.6 Å². The second-order valence-electron chi connectivity index (χ2n) is 7.76. The third kappa shape index (κ3) is 3.74. The van der Waals surface area contributed by atoms with Gasteiger partial charge in [-0.25, -0.2) is 9.07 Å². The second-order valence-corrected chi connectivity index (χ2v) is 7.76. The van der Waals surface area contributed by atoms with Gasteiger partial charge < -0.3 is 14.4 Å². The average molecular weight is 422 g/mol. The third-order valence-corrected chi connectivity index (χ3v) is 5.82. The molecule has 2 aliphatic heterocycles. The van der Waals surface area contributed by atoms with Gasteiger partial charge in [-0.15, -0.1) is 0 Å². The molecule has 160 valence electrons. The molecule has 2 aromatic carbocycles. The van der Waals surface area contributed by atoms with Crippen LogP contribution in [0.2, 0.25) is 0 Å². The molecule has 1 aromatic heterocycles. The summed E-state index contributed by atoms with van der Waals surface area (Å²) in [7, 11) is 0. The largest absolute Gasteiger partial charge is 0.454 e. The summed E-state index contributed by atoms with van der Waals surface area (Å²) < 4.78 is 26.4. The number of ether oxygens (including phenoxy) is 2. The van der Waals surface area contributed by atoms with Crippen LogP contribution in [0.4, 0.5) is 4.39 Å². The van der Waals surface area contributed by atoms with Crippen LogP contribution >= 0.6 is 0 Å². The van der Waals surface area contributed by atoms with Crippen LogP contribution in [-0.4, -0.2) is 58.5 Å². The van der Waals surface area contributed by atoms with E-state index in [2.05, 4.69) is 10.00 Å². The molecule has 0 atom stereocenters. The molecule has 3 heterocycles. The number of aromatic nitrogens is 2. The van der Waals surface area contributed by atoms with Crippen molar-refractivity contribution in [2.75, 3.05) is 33.0 Å². The molecule has 1 fully saturated rings. The van der Waals surface area contributed by atoms with Crippen molar-refractivity contribution in [2.24, 2.45) is 0 Å². The van der Waals surface area contributed by atoms with E-state index in [0.29, 0.717) is 30.0 Å². The van der Waals surface area contributed by atoms with Gasteiger partial charge >= 0.3 is 0 Å². The van der Waals surface area contributed by atoms with E-state index in [1.807, 2.05) is 23.1 Å². The van der Waals surface area contributed by atoms with Crippen LogP contribution in [0.15, 0.2) is 48.7 Å². The van der Waals surface area contributed by atoms with Gasteiger partial charge in [0, 0.05) is 32.7 Å². The van der Waals surface area contributed by atoms with E-state index in [9.17, 15) is 9.18 Å². The molecule has 0 unspecified atom stereocenters. The van der Waals surface area contributed by atoms with Crippen molar-refractivity contribution in [3.05, 3.63) is 71.3 Å². The van der Waals surface area contributed by atoms with Crippen LogP contribution in [0, 0.1) is 12.7 Å². The Balaban J connectivity index is 1.23. The van der Waals surface area contributed by atoms with Gasteiger partial charge in [-0.2, -0.15) is 5.10 Å². The number of fused-ring (bicyclic) bond motifs is 1. The number of hydrogen-bond donors (Lipinski definition) is 0. The first-order chi connectivity index (χ1) is 15.1. The zero-order valence-electron chi connectivity index (χ0n) is 17.3. The standard InChI is InChI=1S/C23H23FN4O3/c1-16-18(13-25-28(16)20-5-3-2-4-19(20)24)23(29)27-10-8-26(9-11-27)14-17-6-7-21-22(12-17)31-15-30-21/h2-7,12-13H,8-11,14-15H2,1H3. The molecular weight excluding hydrogens is 399 g/mol. The summed E-state index contributed by atoms with van der Waals surface area (Å²) in [6, 6.07) is 12.4. The van der Waals surface area contributed by atoms with Gasteiger partial charge in [-0.3, -0.25) is 9.69 Å². The molecule has 1 saturated heterocycles. The summed E-state index contributed by atoms with van der Waals surface area (Å²) in [6.45, 7) is 5.68. The van der Waals surface area contributed by atoms with Crippen molar-refractivity contribution < 1.29 is 18.7 Å². The van der Waals surface area contributed by atoms with Crippen LogP contribution in [0.25, 0.3) is 5.69 Å². The third-order valence-electron chi connectivity index (χ3n) is 5.82. The fraction of sp³-hybridized carbons (Fsp3) is 0.304. The zero-order valence-corrected chi connectivity index (χ0v) is 17.3. The van der Waals surface area contributed by atoms with Crippen LogP contribution < -0.4 is 9.47 Å². The molecule has 0 N–H and O–H groups in total. The van der Waals surface area contributed by atoms with Gasteiger partial charge in [0.15, 0.2) is 11.5 Å². The van der Waals surface area contributed by atoms with Gasteiger partial charge in [0.25, 0.3) is 5.91 Å². The van der Waals surface area contributed by atoms with E-state index in [4.69, 9.17) is 9.47 Å². The van der Waals surface area contributed by atoms with E-state index in [0.717, 1.165) is 36.7 Å². The molecule has 3 aromatic rings. The topological polar surface area (TPSA) is 59.8 Å². The van der Waals surface area contributed by atoms with Crippen LogP contribution in [0.5, 0.6) is 11.5 Å². The molecule has 5 rings (SSSR count). The van der Waals surface area contributed by atoms with E-state index in [1.165, 1.54) is 16.9 Å². The predicted octanol–water partition coefficient (Wildman–Crippen LogP) is 3.01. The number of para-hydroxylation sites is 1. The summed E-state index contributed by atoms with van der Waals surface area (Å²) in [5.74, 6) is 1.13. The van der Waals surface area contributed by atoms with Crippen LogP contribution in [-0.2, 0) is 6.54 Å². The predicted molar refractivity (Wildman–Crippen MR) is 112 cm³/mol. The van der Waals surface area contributed by atoms with Crippen molar-refractivity contribution in [3.63, 3.8) is 0 Å². The van der Waals surface area contributed by atoms with Crippen molar-refractivity contribution in [3.8, 4) is 17.2 Å². The number of amides is 1. The Morgan fingerprint density at radius 3 is 2.65 bits per heavy atom. The molecular formula is C23H23FN4O3. The lowest BCUT2D eigenvalue weighted by atomic mass is 10.1. The number of nitrogens with zero attached hydrogens (tertiary/aromatic N) is 4. The summed E-state index contributed by atoms with van der Waals surface area (Å²) in [5, 5.41) is 4.26. The fourth-order valence-electron chi connectivity index (χ4n) is 4.06. The Morgan fingerprint density at radius 1 is 1.06 bits per heavy atom. The number of halogens is 1. The monoisotopic (exact) mass is 422 g/mol. The van der Waals surface area contributed by atoms with E-state index < -0.39 is 0 Å². The second kappa shape index (κ2) is 8.03. The Hall–Kier alpha value is -3.39. The highest BCUT2D eigenvalue weighted by Crippen LogP contribution is 2.33. The molecule has 8 heteroatoms. The van der Waals surface area contributed by atoms with Gasteiger partial charge in [-0.05, 0) is 36.8 Å².